The molecular weight excluding hydrogens is 375 g/mol. The van der Waals surface area contributed by atoms with Gasteiger partial charge in [-0.3, -0.25) is 14.9 Å². The summed E-state index contributed by atoms with van der Waals surface area (Å²) in [7, 11) is 0. The minimum Gasteiger partial charge on any atom is -0.372 e. The molecule has 1 aromatic rings. The maximum Gasteiger partial charge on any atom is 0.270 e. The molecule has 1 fully saturated rings. The molecule has 6 nitrogen and oxygen atoms in total. The van der Waals surface area contributed by atoms with Gasteiger partial charge in [0.15, 0.2) is 0 Å². The van der Waals surface area contributed by atoms with Crippen molar-refractivity contribution >= 4 is 34.2 Å². The summed E-state index contributed by atoms with van der Waals surface area (Å²) in [5.41, 5.74) is -0.0844. The monoisotopic (exact) mass is 390 g/mol. The molecule has 1 heterocycles. The molecule has 7 heteroatoms. The van der Waals surface area contributed by atoms with Gasteiger partial charge in [-0.05, 0) is 42.5 Å². The summed E-state index contributed by atoms with van der Waals surface area (Å²) >= 11 is 2.02. The van der Waals surface area contributed by atoms with Crippen LogP contribution in [-0.4, -0.2) is 41.0 Å². The van der Waals surface area contributed by atoms with E-state index in [1.54, 1.807) is 11.0 Å². The van der Waals surface area contributed by atoms with Gasteiger partial charge in [-0.2, -0.15) is 0 Å². The van der Waals surface area contributed by atoms with Gasteiger partial charge in [-0.1, -0.05) is 0 Å². The van der Waals surface area contributed by atoms with Gasteiger partial charge < -0.3 is 9.64 Å². The fourth-order valence-electron chi connectivity index (χ4n) is 2.15. The van der Waals surface area contributed by atoms with E-state index in [1.807, 2.05) is 36.4 Å². The van der Waals surface area contributed by atoms with E-state index in [-0.39, 0.29) is 17.2 Å². The molecule has 0 bridgehead atoms. The Balaban J connectivity index is 2.29. The average Bonchev–Trinajstić information content (AvgIpc) is 2.37. The van der Waals surface area contributed by atoms with Gasteiger partial charge in [0.05, 0.1) is 22.7 Å². The Bertz CT molecular complexity index is 559. The van der Waals surface area contributed by atoms with Crippen LogP contribution >= 0.6 is 22.6 Å². The van der Waals surface area contributed by atoms with E-state index in [9.17, 15) is 14.9 Å². The molecule has 0 N–H and O–H groups in total. The molecule has 0 unspecified atom stereocenters. The third-order valence-electron chi connectivity index (χ3n) is 3.10. The van der Waals surface area contributed by atoms with Crippen molar-refractivity contribution in [3.05, 3.63) is 37.4 Å². The fraction of sp³-hybridized carbons (Fsp3) is 0.462. The molecule has 0 atom stereocenters. The van der Waals surface area contributed by atoms with Crippen molar-refractivity contribution < 1.29 is 14.5 Å². The smallest absolute Gasteiger partial charge is 0.270 e. The Labute approximate surface area is 130 Å². The summed E-state index contributed by atoms with van der Waals surface area (Å²) in [6.45, 7) is 5.30. The van der Waals surface area contributed by atoms with Gasteiger partial charge in [0, 0.05) is 28.8 Å². The van der Waals surface area contributed by atoms with Crippen molar-refractivity contribution in [3.63, 3.8) is 0 Å². The first-order chi connectivity index (χ1) is 9.30. The Morgan fingerprint density at radius 2 is 2.20 bits per heavy atom. The summed E-state index contributed by atoms with van der Waals surface area (Å²) in [5.74, 6) is -0.186. The molecule has 1 aliphatic heterocycles. The first kappa shape index (κ1) is 15.2. The number of hydrogen-bond donors (Lipinski definition) is 0. The highest BCUT2D eigenvalue weighted by molar-refractivity contribution is 14.1. The topological polar surface area (TPSA) is 72.7 Å². The lowest BCUT2D eigenvalue weighted by molar-refractivity contribution is -0.384. The molecule has 0 aliphatic carbocycles. The second-order valence-electron chi connectivity index (χ2n) is 5.26. The Kier molecular flexibility index (Phi) is 4.28. The molecule has 1 aliphatic rings. The zero-order valence-corrected chi connectivity index (χ0v) is 13.4. The highest BCUT2D eigenvalue weighted by atomic mass is 127. The normalized spacial score (nSPS) is 17.9. The van der Waals surface area contributed by atoms with Crippen LogP contribution in [0.25, 0.3) is 0 Å². The number of amides is 1. The van der Waals surface area contributed by atoms with E-state index in [0.717, 1.165) is 0 Å². The number of ether oxygens (including phenoxy) is 1. The number of halogens is 1. The molecule has 108 valence electrons. The van der Waals surface area contributed by atoms with Crippen LogP contribution in [0.1, 0.15) is 24.2 Å². The number of morpholine rings is 1. The minimum atomic E-state index is -0.490. The van der Waals surface area contributed by atoms with E-state index in [2.05, 4.69) is 0 Å². The van der Waals surface area contributed by atoms with E-state index in [1.165, 1.54) is 12.1 Å². The average molecular weight is 390 g/mol. The van der Waals surface area contributed by atoms with Crippen LogP contribution in [-0.2, 0) is 4.74 Å². The number of nitrogens with zero attached hydrogens (tertiary/aromatic N) is 2. The Morgan fingerprint density at radius 3 is 2.80 bits per heavy atom. The predicted molar refractivity (Wildman–Crippen MR) is 81.7 cm³/mol. The number of nitro groups is 1. The maximum absolute atomic E-state index is 12.5. The predicted octanol–water partition coefficient (Wildman–Crippen LogP) is 2.45. The first-order valence-corrected chi connectivity index (χ1v) is 7.25. The second kappa shape index (κ2) is 5.65. The lowest BCUT2D eigenvalue weighted by Gasteiger charge is -2.38. The zero-order valence-electron chi connectivity index (χ0n) is 11.3. The number of nitro benzene ring substituents is 1. The molecule has 20 heavy (non-hydrogen) atoms. The second-order valence-corrected chi connectivity index (χ2v) is 6.42. The van der Waals surface area contributed by atoms with E-state index in [4.69, 9.17) is 4.74 Å². The number of non-ortho nitro benzene ring substituents is 1. The molecular formula is C13H15IN2O4. The quantitative estimate of drug-likeness (QED) is 0.442. The largest absolute Gasteiger partial charge is 0.372 e. The molecule has 0 aromatic heterocycles. The van der Waals surface area contributed by atoms with Gasteiger partial charge >= 0.3 is 0 Å². The third-order valence-corrected chi connectivity index (χ3v) is 4.04. The number of hydrogen-bond acceptors (Lipinski definition) is 4. The van der Waals surface area contributed by atoms with E-state index < -0.39 is 4.92 Å². The summed E-state index contributed by atoms with van der Waals surface area (Å²) in [4.78, 5) is 24.5. The van der Waals surface area contributed by atoms with Crippen molar-refractivity contribution in [2.24, 2.45) is 0 Å². The van der Waals surface area contributed by atoms with Crippen LogP contribution in [0.2, 0.25) is 0 Å². The van der Waals surface area contributed by atoms with Gasteiger partial charge in [0.25, 0.3) is 11.6 Å². The Morgan fingerprint density at radius 1 is 1.50 bits per heavy atom. The first-order valence-electron chi connectivity index (χ1n) is 6.17. The molecule has 0 spiro atoms. The van der Waals surface area contributed by atoms with Gasteiger partial charge in [-0.25, -0.2) is 0 Å². The van der Waals surface area contributed by atoms with Crippen LogP contribution in [0.15, 0.2) is 18.2 Å². The summed E-state index contributed by atoms with van der Waals surface area (Å²) in [6.07, 6.45) is 0. The molecule has 0 radical (unpaired) electrons. The molecule has 0 saturated carbocycles. The summed E-state index contributed by atoms with van der Waals surface area (Å²) in [5, 5.41) is 10.8. The van der Waals surface area contributed by atoms with Crippen molar-refractivity contribution in [3.8, 4) is 0 Å². The van der Waals surface area contributed by atoms with Crippen LogP contribution in [0.4, 0.5) is 5.69 Å². The van der Waals surface area contributed by atoms with Crippen molar-refractivity contribution in [1.29, 1.82) is 0 Å². The number of carbonyl (C=O) groups is 1. The summed E-state index contributed by atoms with van der Waals surface area (Å²) < 4.78 is 6.28. The molecule has 1 amide bonds. The highest BCUT2D eigenvalue weighted by Gasteiger charge is 2.31. The van der Waals surface area contributed by atoms with Crippen molar-refractivity contribution in [2.75, 3.05) is 19.7 Å². The Hall–Kier alpha value is -1.22. The lowest BCUT2D eigenvalue weighted by Crippen LogP contribution is -2.50. The summed E-state index contributed by atoms with van der Waals surface area (Å²) in [6, 6.07) is 4.34. The van der Waals surface area contributed by atoms with Gasteiger partial charge in [0.1, 0.15) is 0 Å². The third kappa shape index (κ3) is 3.26. The maximum atomic E-state index is 12.5. The van der Waals surface area contributed by atoms with Crippen LogP contribution < -0.4 is 0 Å². The van der Waals surface area contributed by atoms with E-state index in [0.29, 0.717) is 28.8 Å². The molecule has 2 rings (SSSR count). The van der Waals surface area contributed by atoms with E-state index >= 15 is 0 Å². The molecule has 1 saturated heterocycles. The van der Waals surface area contributed by atoms with Crippen molar-refractivity contribution in [1.82, 2.24) is 4.90 Å². The number of carbonyl (C=O) groups excluding carboxylic acids is 1. The van der Waals surface area contributed by atoms with Crippen LogP contribution in [0, 0.1) is 13.7 Å². The SMILES string of the molecule is CC1(C)CN(C(=O)c2cc([N+](=O)[O-])ccc2I)CCO1. The fourth-order valence-corrected chi connectivity index (χ4v) is 2.72. The van der Waals surface area contributed by atoms with Gasteiger partial charge in [-0.15, -0.1) is 0 Å². The van der Waals surface area contributed by atoms with Gasteiger partial charge in [0.2, 0.25) is 0 Å². The highest BCUT2D eigenvalue weighted by Crippen LogP contribution is 2.24. The van der Waals surface area contributed by atoms with Crippen LogP contribution in [0.5, 0.6) is 0 Å². The minimum absolute atomic E-state index is 0.0683. The number of rotatable bonds is 2. The number of benzene rings is 1. The van der Waals surface area contributed by atoms with Crippen LogP contribution in [0.3, 0.4) is 0 Å². The van der Waals surface area contributed by atoms with Crippen molar-refractivity contribution in [2.45, 2.75) is 19.4 Å². The lowest BCUT2D eigenvalue weighted by atomic mass is 10.1. The zero-order chi connectivity index (χ0) is 14.9. The molecule has 1 aromatic carbocycles. The standard InChI is InChI=1S/C13H15IN2O4/c1-13(2)8-15(5-6-20-13)12(17)10-7-9(16(18)19)3-4-11(10)14/h3-4,7H,5-6,8H2,1-2H3.